The number of hydrogen-bond donors (Lipinski definition) is 2. The normalized spacial score (nSPS) is 17.8. The molecule has 0 saturated carbocycles. The predicted molar refractivity (Wildman–Crippen MR) is 121 cm³/mol. The third kappa shape index (κ3) is 5.73. The number of carbonyl (C=O) groups is 2. The fourth-order valence-corrected chi connectivity index (χ4v) is 4.03. The Morgan fingerprint density at radius 1 is 1.16 bits per heavy atom. The Hall–Kier alpha value is -4.36. The Morgan fingerprint density at radius 3 is 2.38 bits per heavy atom. The lowest BCUT2D eigenvalue weighted by Crippen LogP contribution is -2.44. The van der Waals surface area contributed by atoms with E-state index < -0.39 is 64.2 Å². The van der Waals surface area contributed by atoms with Crippen molar-refractivity contribution in [2.75, 3.05) is 13.2 Å². The summed E-state index contributed by atoms with van der Waals surface area (Å²) < 4.78 is 53.0. The second-order valence-electron chi connectivity index (χ2n) is 7.89. The number of halogens is 3. The van der Waals surface area contributed by atoms with Crippen molar-refractivity contribution >= 4 is 23.3 Å². The van der Waals surface area contributed by atoms with E-state index in [4.69, 9.17) is 9.47 Å². The highest BCUT2D eigenvalue weighted by molar-refractivity contribution is 6.10. The fourth-order valence-electron chi connectivity index (χ4n) is 4.03. The molecule has 3 rings (SSSR count). The maximum absolute atomic E-state index is 14.0. The summed E-state index contributed by atoms with van der Waals surface area (Å²) in [7, 11) is 0. The number of rotatable bonds is 8. The highest BCUT2D eigenvalue weighted by atomic mass is 19.4. The molecule has 2 N–H and O–H groups in total. The number of aromatic nitrogens is 1. The van der Waals surface area contributed by atoms with E-state index in [0.717, 1.165) is 23.6 Å². The van der Waals surface area contributed by atoms with Gasteiger partial charge in [0.25, 0.3) is 5.69 Å². The van der Waals surface area contributed by atoms with Gasteiger partial charge in [-0.1, -0.05) is 12.1 Å². The van der Waals surface area contributed by atoms with Gasteiger partial charge in [0.2, 0.25) is 0 Å². The van der Waals surface area contributed by atoms with Crippen LogP contribution in [0.1, 0.15) is 25.3 Å². The maximum atomic E-state index is 14.0. The topological polar surface area (TPSA) is 153 Å². The number of ether oxygens (including phenoxy) is 2. The van der Waals surface area contributed by atoms with Crippen molar-refractivity contribution < 1.29 is 47.4 Å². The van der Waals surface area contributed by atoms with Crippen molar-refractivity contribution in [2.24, 2.45) is 10.9 Å². The number of nitro benzene ring substituents is 1. The van der Waals surface area contributed by atoms with Gasteiger partial charge >= 0.3 is 18.1 Å². The molecule has 0 aliphatic carbocycles. The van der Waals surface area contributed by atoms with Crippen LogP contribution in [0.4, 0.5) is 18.9 Å². The molecule has 2 aromatic rings. The highest BCUT2D eigenvalue weighted by Crippen LogP contribution is 2.44. The molecule has 14 heteroatoms. The lowest BCUT2D eigenvalue weighted by atomic mass is 9.75. The van der Waals surface area contributed by atoms with Crippen molar-refractivity contribution in [1.29, 1.82) is 0 Å². The minimum Gasteiger partial charge on any atom is -0.494 e. The number of carbonyl (C=O) groups excluding carboxylic acids is 2. The van der Waals surface area contributed by atoms with Crippen LogP contribution in [0.3, 0.4) is 0 Å². The van der Waals surface area contributed by atoms with Gasteiger partial charge in [0.05, 0.1) is 23.6 Å². The standard InChI is InChI=1S/C23H22F3N3O8/c1-3-36-22(33)19-18(13-5-4-6-14(11-13)29(34)35)17(12(2)27-20(19)23(24,25)26)21(32)37-10-9-28-15(30)7-8-16(28)31/h4-8,11,18-19,30-31H,3,9-10H2,1-2H3. The average molecular weight is 525 g/mol. The zero-order valence-electron chi connectivity index (χ0n) is 19.6. The van der Waals surface area contributed by atoms with Crippen molar-refractivity contribution in [3.8, 4) is 11.8 Å². The number of benzene rings is 1. The number of esters is 2. The summed E-state index contributed by atoms with van der Waals surface area (Å²) in [6.45, 7) is 1.61. The molecule has 1 aromatic heterocycles. The van der Waals surface area contributed by atoms with Crippen LogP contribution in [0.5, 0.6) is 11.8 Å². The number of hydrogen-bond acceptors (Lipinski definition) is 9. The minimum atomic E-state index is -5.09. The Kier molecular flexibility index (Phi) is 7.89. The van der Waals surface area contributed by atoms with Gasteiger partial charge in [0, 0.05) is 35.9 Å². The van der Waals surface area contributed by atoms with E-state index in [1.807, 2.05) is 0 Å². The van der Waals surface area contributed by atoms with Crippen LogP contribution in [-0.2, 0) is 25.6 Å². The molecular weight excluding hydrogens is 503 g/mol. The highest BCUT2D eigenvalue weighted by Gasteiger charge is 2.53. The molecule has 0 spiro atoms. The van der Waals surface area contributed by atoms with E-state index in [1.165, 1.54) is 31.2 Å². The zero-order chi connectivity index (χ0) is 27.5. The lowest BCUT2D eigenvalue weighted by molar-refractivity contribution is -0.384. The van der Waals surface area contributed by atoms with Gasteiger partial charge in [-0.05, 0) is 19.4 Å². The third-order valence-electron chi connectivity index (χ3n) is 5.59. The summed E-state index contributed by atoms with van der Waals surface area (Å²) in [5.41, 5.74) is -2.94. The molecule has 0 fully saturated rings. The Balaban J connectivity index is 2.09. The molecule has 0 bridgehead atoms. The van der Waals surface area contributed by atoms with Gasteiger partial charge in [-0.2, -0.15) is 13.2 Å². The van der Waals surface area contributed by atoms with Crippen LogP contribution in [0, 0.1) is 16.0 Å². The van der Waals surface area contributed by atoms with Crippen molar-refractivity contribution in [2.45, 2.75) is 32.5 Å². The minimum absolute atomic E-state index is 0.129. The fraction of sp³-hybridized carbons (Fsp3) is 0.348. The quantitative estimate of drug-likeness (QED) is 0.301. The number of aromatic hydroxyl groups is 2. The summed E-state index contributed by atoms with van der Waals surface area (Å²) in [6.07, 6.45) is -5.09. The largest absolute Gasteiger partial charge is 0.494 e. The number of non-ortho nitro benzene ring substituents is 1. The number of nitrogens with zero attached hydrogens (tertiary/aromatic N) is 3. The molecule has 1 aliphatic heterocycles. The first-order valence-electron chi connectivity index (χ1n) is 10.9. The van der Waals surface area contributed by atoms with E-state index in [1.54, 1.807) is 0 Å². The van der Waals surface area contributed by atoms with Gasteiger partial charge in [-0.25, -0.2) is 4.79 Å². The summed E-state index contributed by atoms with van der Waals surface area (Å²) in [5, 5.41) is 30.8. The molecule has 1 aliphatic rings. The second kappa shape index (κ2) is 10.7. The van der Waals surface area contributed by atoms with Gasteiger partial charge in [-0.15, -0.1) is 0 Å². The first kappa shape index (κ1) is 27.2. The molecular formula is C23H22F3N3O8. The van der Waals surface area contributed by atoms with Crippen LogP contribution < -0.4 is 0 Å². The molecule has 1 aromatic carbocycles. The Morgan fingerprint density at radius 2 is 1.81 bits per heavy atom. The maximum Gasteiger partial charge on any atom is 0.430 e. The van der Waals surface area contributed by atoms with Crippen molar-refractivity contribution in [3.63, 3.8) is 0 Å². The third-order valence-corrected chi connectivity index (χ3v) is 5.59. The molecule has 11 nitrogen and oxygen atoms in total. The number of allylic oxidation sites excluding steroid dienone is 1. The van der Waals surface area contributed by atoms with E-state index in [0.29, 0.717) is 0 Å². The Bertz CT molecular complexity index is 1260. The van der Waals surface area contributed by atoms with Gasteiger partial charge < -0.3 is 19.7 Å². The van der Waals surface area contributed by atoms with Gasteiger partial charge in [-0.3, -0.25) is 24.5 Å². The number of alkyl halides is 3. The van der Waals surface area contributed by atoms with Crippen LogP contribution in [0.2, 0.25) is 0 Å². The lowest BCUT2D eigenvalue weighted by Gasteiger charge is -2.33. The average Bonchev–Trinajstić information content (AvgIpc) is 3.15. The molecule has 0 radical (unpaired) electrons. The number of nitro groups is 1. The first-order valence-corrected chi connectivity index (χ1v) is 10.9. The van der Waals surface area contributed by atoms with Crippen molar-refractivity contribution in [1.82, 2.24) is 4.57 Å². The molecule has 37 heavy (non-hydrogen) atoms. The summed E-state index contributed by atoms with van der Waals surface area (Å²) in [6, 6.07) is 6.92. The van der Waals surface area contributed by atoms with Crippen LogP contribution in [0.25, 0.3) is 0 Å². The second-order valence-corrected chi connectivity index (χ2v) is 7.89. The van der Waals surface area contributed by atoms with E-state index in [9.17, 15) is 43.1 Å². The number of aliphatic imine (C=N–C) groups is 1. The zero-order valence-corrected chi connectivity index (χ0v) is 19.6. The summed E-state index contributed by atoms with van der Waals surface area (Å²) in [4.78, 5) is 40.0. The molecule has 2 heterocycles. The van der Waals surface area contributed by atoms with Crippen LogP contribution >= 0.6 is 0 Å². The molecule has 198 valence electrons. The van der Waals surface area contributed by atoms with Gasteiger partial charge in [0.1, 0.15) is 18.2 Å². The molecule has 0 saturated heterocycles. The predicted octanol–water partition coefficient (Wildman–Crippen LogP) is 3.60. The molecule has 2 unspecified atom stereocenters. The monoisotopic (exact) mass is 525 g/mol. The Labute approximate surface area is 207 Å². The molecule has 0 amide bonds. The van der Waals surface area contributed by atoms with E-state index >= 15 is 0 Å². The first-order chi connectivity index (χ1) is 17.4. The van der Waals surface area contributed by atoms with Gasteiger partial charge in [0.15, 0.2) is 11.8 Å². The van der Waals surface area contributed by atoms with Crippen LogP contribution in [0.15, 0.2) is 52.7 Å². The van der Waals surface area contributed by atoms with Crippen molar-refractivity contribution in [3.05, 3.63) is 63.3 Å². The SMILES string of the molecule is CCOC(=O)C1C(C(F)(F)F)=NC(C)=C(C(=O)OCCn2c(O)ccc2O)C1c1cccc([N+](=O)[O-])c1. The molecule has 2 atom stereocenters. The van der Waals surface area contributed by atoms with Crippen LogP contribution in [-0.4, -0.2) is 56.7 Å². The van der Waals surface area contributed by atoms with E-state index in [2.05, 4.69) is 4.99 Å². The summed E-state index contributed by atoms with van der Waals surface area (Å²) in [5.74, 6) is -6.93. The smallest absolute Gasteiger partial charge is 0.430 e. The van der Waals surface area contributed by atoms with E-state index in [-0.39, 0.29) is 30.5 Å². The summed E-state index contributed by atoms with van der Waals surface area (Å²) >= 11 is 0.